The van der Waals surface area contributed by atoms with E-state index in [2.05, 4.69) is 57.4 Å². The molecule has 308 valence electrons. The van der Waals surface area contributed by atoms with E-state index < -0.39 is 25.9 Å². The van der Waals surface area contributed by atoms with Gasteiger partial charge in [0.25, 0.3) is 0 Å². The van der Waals surface area contributed by atoms with Crippen molar-refractivity contribution in [3.05, 3.63) is 86.9 Å². The molecule has 1 aliphatic carbocycles. The topological polar surface area (TPSA) is 95.6 Å². The third kappa shape index (κ3) is 14.2. The summed E-state index contributed by atoms with van der Waals surface area (Å²) in [7, 11) is -0.399. The molecule has 56 heavy (non-hydrogen) atoms. The summed E-state index contributed by atoms with van der Waals surface area (Å²) in [4.78, 5) is 29.4. The van der Waals surface area contributed by atoms with Gasteiger partial charge in [0.15, 0.2) is 5.75 Å². The van der Waals surface area contributed by atoms with Crippen LogP contribution >= 0.6 is 23.2 Å². The molecule has 1 N–H and O–H groups in total. The minimum Gasteiger partial charge on any atom is -0.543 e. The highest BCUT2D eigenvalue weighted by molar-refractivity contribution is 6.74. The number of nitrogens with zero attached hydrogens (tertiary/aromatic N) is 1. The Morgan fingerprint density at radius 2 is 1.48 bits per heavy atom. The number of ether oxygens (including phenoxy) is 4. The lowest BCUT2D eigenvalue weighted by Crippen LogP contribution is -2.44. The second-order valence-electron chi connectivity index (χ2n) is 17.3. The van der Waals surface area contributed by atoms with Crippen molar-refractivity contribution in [1.29, 1.82) is 0 Å². The highest BCUT2D eigenvalue weighted by atomic mass is 35.5. The number of halogens is 2. The van der Waals surface area contributed by atoms with Gasteiger partial charge in [0.2, 0.25) is 14.2 Å². The number of benzene rings is 3. The number of nitrogens with one attached hydrogen (secondary N) is 1. The van der Waals surface area contributed by atoms with Gasteiger partial charge in [0.1, 0.15) is 30.3 Å². The number of carbonyl (C=O) groups excluding carboxylic acids is 2. The summed E-state index contributed by atoms with van der Waals surface area (Å²) in [6, 6.07) is 17.8. The Morgan fingerprint density at radius 3 is 2.07 bits per heavy atom. The van der Waals surface area contributed by atoms with E-state index in [-0.39, 0.29) is 36.7 Å². The van der Waals surface area contributed by atoms with Gasteiger partial charge in [-0.15, -0.1) is 0 Å². The minimum absolute atomic E-state index is 0.00823. The van der Waals surface area contributed by atoms with Crippen LogP contribution in [-0.4, -0.2) is 70.3 Å². The fourth-order valence-corrected chi connectivity index (χ4v) is 7.72. The Hall–Kier alpha value is -3.44. The van der Waals surface area contributed by atoms with Gasteiger partial charge in [-0.05, 0) is 137 Å². The predicted octanol–water partition coefficient (Wildman–Crippen LogP) is 10.6. The van der Waals surface area contributed by atoms with Crippen LogP contribution in [0.2, 0.25) is 28.2 Å². The number of amides is 2. The van der Waals surface area contributed by atoms with E-state index in [0.717, 1.165) is 53.7 Å². The van der Waals surface area contributed by atoms with Crippen LogP contribution in [0.3, 0.4) is 0 Å². The van der Waals surface area contributed by atoms with Crippen LogP contribution in [0.4, 0.5) is 4.79 Å². The molecule has 0 heterocycles. The number of hydrogen-bond acceptors (Lipinski definition) is 7. The molecule has 0 spiro atoms. The molecule has 1 aliphatic rings. The average Bonchev–Trinajstić information content (AvgIpc) is 3.93. The Labute approximate surface area is 345 Å². The zero-order chi connectivity index (χ0) is 41.3. The fraction of sp³-hybridized carbons (Fsp3) is 0.545. The van der Waals surface area contributed by atoms with Crippen molar-refractivity contribution in [2.24, 2.45) is 5.92 Å². The number of aryl methyl sites for hydroxylation is 2. The van der Waals surface area contributed by atoms with Crippen LogP contribution < -0.4 is 19.2 Å². The third-order valence-electron chi connectivity index (χ3n) is 10.0. The lowest BCUT2D eigenvalue weighted by atomic mass is 9.97. The second kappa shape index (κ2) is 19.8. The SMILES string of the molecule is COCCCc1cc(CN(C(=O)C(CNC(=O)OC(C)(C)C)Cc2ccc(OCCOc3c(Cl)cc(C)cc3Cl)cc2)C2CC2)cc(O[Si](C)(C)C(C)(C)C)c1. The van der Waals surface area contributed by atoms with Crippen molar-refractivity contribution in [1.82, 2.24) is 10.2 Å². The van der Waals surface area contributed by atoms with Crippen molar-refractivity contribution >= 4 is 43.5 Å². The fourth-order valence-electron chi connectivity index (χ4n) is 6.00. The van der Waals surface area contributed by atoms with Gasteiger partial charge in [-0.3, -0.25) is 4.79 Å². The van der Waals surface area contributed by atoms with Crippen LogP contribution in [0, 0.1) is 12.8 Å². The highest BCUT2D eigenvalue weighted by Gasteiger charge is 2.40. The number of alkyl carbamates (subject to hydrolysis) is 1. The predicted molar refractivity (Wildman–Crippen MR) is 228 cm³/mol. The molecule has 0 saturated heterocycles. The van der Waals surface area contributed by atoms with E-state index in [1.165, 1.54) is 0 Å². The molecule has 1 fully saturated rings. The first kappa shape index (κ1) is 45.3. The molecule has 12 heteroatoms. The van der Waals surface area contributed by atoms with Gasteiger partial charge in [-0.1, -0.05) is 62.2 Å². The van der Waals surface area contributed by atoms with Gasteiger partial charge in [0, 0.05) is 32.8 Å². The summed E-state index contributed by atoms with van der Waals surface area (Å²) in [5, 5.41) is 3.83. The van der Waals surface area contributed by atoms with Crippen LogP contribution in [0.1, 0.15) is 83.1 Å². The highest BCUT2D eigenvalue weighted by Crippen LogP contribution is 2.39. The van der Waals surface area contributed by atoms with E-state index in [1.807, 2.05) is 56.9 Å². The van der Waals surface area contributed by atoms with Crippen LogP contribution in [-0.2, 0) is 33.7 Å². The molecule has 9 nitrogen and oxygen atoms in total. The van der Waals surface area contributed by atoms with Crippen LogP contribution in [0.5, 0.6) is 17.2 Å². The van der Waals surface area contributed by atoms with Gasteiger partial charge in [-0.2, -0.15) is 0 Å². The van der Waals surface area contributed by atoms with Crippen molar-refractivity contribution < 1.29 is 33.0 Å². The second-order valence-corrected chi connectivity index (χ2v) is 22.9. The molecule has 0 bridgehead atoms. The van der Waals surface area contributed by atoms with Crippen molar-refractivity contribution in [2.75, 3.05) is 33.5 Å². The van der Waals surface area contributed by atoms with Crippen LogP contribution in [0.25, 0.3) is 0 Å². The average molecular weight is 830 g/mol. The van der Waals surface area contributed by atoms with E-state index >= 15 is 0 Å². The van der Waals surface area contributed by atoms with Gasteiger partial charge in [-0.25, -0.2) is 4.79 Å². The number of methoxy groups -OCH3 is 1. The molecule has 0 radical (unpaired) electrons. The van der Waals surface area contributed by atoms with E-state index in [4.69, 9.17) is 46.6 Å². The molecule has 1 atom stereocenters. The summed E-state index contributed by atoms with van der Waals surface area (Å²) in [5.41, 5.74) is 3.43. The Bertz CT molecular complexity index is 1750. The lowest BCUT2D eigenvalue weighted by molar-refractivity contribution is -0.136. The molecular weight excluding hydrogens is 767 g/mol. The van der Waals surface area contributed by atoms with Gasteiger partial charge < -0.3 is 33.6 Å². The number of carbonyl (C=O) groups is 2. The minimum atomic E-state index is -2.12. The summed E-state index contributed by atoms with van der Waals surface area (Å²) >= 11 is 12.6. The smallest absolute Gasteiger partial charge is 0.407 e. The first-order valence-corrected chi connectivity index (χ1v) is 23.3. The summed E-state index contributed by atoms with van der Waals surface area (Å²) < 4.78 is 29.4. The maximum absolute atomic E-state index is 14.6. The summed E-state index contributed by atoms with van der Waals surface area (Å²) in [6.07, 6.45) is 3.48. The zero-order valence-electron chi connectivity index (χ0n) is 35.0. The molecule has 1 saturated carbocycles. The van der Waals surface area contributed by atoms with Crippen molar-refractivity contribution in [3.63, 3.8) is 0 Å². The largest absolute Gasteiger partial charge is 0.543 e. The zero-order valence-corrected chi connectivity index (χ0v) is 37.5. The first-order chi connectivity index (χ1) is 26.2. The Kier molecular flexibility index (Phi) is 16.0. The summed E-state index contributed by atoms with van der Waals surface area (Å²) in [5.74, 6) is 1.41. The molecule has 1 unspecified atom stereocenters. The maximum Gasteiger partial charge on any atom is 0.407 e. The molecule has 0 aromatic heterocycles. The van der Waals surface area contributed by atoms with Crippen molar-refractivity contribution in [2.45, 2.75) is 117 Å². The molecule has 0 aliphatic heterocycles. The summed E-state index contributed by atoms with van der Waals surface area (Å²) in [6.45, 7) is 20.4. The van der Waals surface area contributed by atoms with E-state index in [0.29, 0.717) is 41.1 Å². The van der Waals surface area contributed by atoms with Crippen LogP contribution in [0.15, 0.2) is 54.6 Å². The molecule has 4 rings (SSSR count). The monoisotopic (exact) mass is 828 g/mol. The number of rotatable bonds is 19. The lowest BCUT2D eigenvalue weighted by Gasteiger charge is -2.36. The third-order valence-corrected chi connectivity index (χ3v) is 15.0. The number of hydrogen-bond donors (Lipinski definition) is 1. The van der Waals surface area contributed by atoms with Gasteiger partial charge in [0.05, 0.1) is 16.0 Å². The Balaban J connectivity index is 1.51. The molecule has 3 aromatic rings. The van der Waals surface area contributed by atoms with E-state index in [1.54, 1.807) is 19.2 Å². The van der Waals surface area contributed by atoms with E-state index in [9.17, 15) is 9.59 Å². The van der Waals surface area contributed by atoms with Gasteiger partial charge >= 0.3 is 6.09 Å². The molecular formula is C44H62Cl2N2O7Si. The molecule has 3 aromatic carbocycles. The van der Waals surface area contributed by atoms with Crippen molar-refractivity contribution in [3.8, 4) is 17.2 Å². The standard InChI is InChI=1S/C44H62Cl2N2O7Si/c1-30-22-38(45)40(39(46)23-30)53-21-20-52-36-17-13-31(14-18-36)25-34(28-47-42(50)54-43(2,3)4)41(49)48(35-15-16-35)29-33-24-32(12-11-19-51-8)26-37(27-33)55-56(9,10)44(5,6)7/h13-14,17-18,22-24,26-27,34-35H,11-12,15-16,19-21,25,28-29H2,1-10H3,(H,47,50). The Morgan fingerprint density at radius 1 is 0.857 bits per heavy atom. The molecule has 2 amide bonds. The quantitative estimate of drug-likeness (QED) is 0.0950. The maximum atomic E-state index is 14.6. The first-order valence-electron chi connectivity index (χ1n) is 19.6. The normalized spacial score (nSPS) is 13.9.